The number of benzene rings is 4. The van der Waals surface area contributed by atoms with E-state index in [1.165, 1.54) is 0 Å². The zero-order valence-corrected chi connectivity index (χ0v) is 19.3. The summed E-state index contributed by atoms with van der Waals surface area (Å²) in [6.45, 7) is 3.85. The van der Waals surface area contributed by atoms with Crippen LogP contribution in [0, 0.1) is 13.8 Å². The Morgan fingerprint density at radius 2 is 0.897 bits per heavy atom. The summed E-state index contributed by atoms with van der Waals surface area (Å²) in [5.74, 6) is -1.74. The molecule has 0 spiro atoms. The molecular formula is C24H20O4Zn. The first kappa shape index (κ1) is 22.3. The minimum absolute atomic E-state index is 0. The standard InChI is InChI=1S/2C12H10O2.Zn/c2*1-8-4-2-5-9-6-3-7-10(11(8)9)12(13)14;/h2*2-7H,1H3,(H,13,14);. The van der Waals surface area contributed by atoms with Gasteiger partial charge >= 0.3 is 11.9 Å². The van der Waals surface area contributed by atoms with E-state index in [0.29, 0.717) is 11.1 Å². The number of carboxylic acid groups (broad SMARTS) is 2. The molecule has 4 aromatic rings. The van der Waals surface area contributed by atoms with Gasteiger partial charge in [-0.05, 0) is 58.7 Å². The van der Waals surface area contributed by atoms with Crippen LogP contribution in [0.3, 0.4) is 0 Å². The predicted octanol–water partition coefficient (Wildman–Crippen LogP) is 5.69. The fraction of sp³-hybridized carbons (Fsp3) is 0.0833. The third kappa shape index (κ3) is 4.69. The second-order valence-corrected chi connectivity index (χ2v) is 6.57. The number of fused-ring (bicyclic) bond motifs is 2. The van der Waals surface area contributed by atoms with Crippen molar-refractivity contribution in [2.24, 2.45) is 0 Å². The molecule has 0 unspecified atom stereocenters. The summed E-state index contributed by atoms with van der Waals surface area (Å²) >= 11 is 0. The molecule has 0 saturated carbocycles. The van der Waals surface area contributed by atoms with Crippen LogP contribution in [-0.2, 0) is 19.5 Å². The molecule has 0 atom stereocenters. The van der Waals surface area contributed by atoms with Gasteiger partial charge in [-0.1, -0.05) is 60.7 Å². The van der Waals surface area contributed by atoms with Crippen LogP contribution >= 0.6 is 0 Å². The molecule has 0 radical (unpaired) electrons. The van der Waals surface area contributed by atoms with Gasteiger partial charge in [-0.15, -0.1) is 0 Å². The molecule has 0 heterocycles. The third-order valence-electron chi connectivity index (χ3n) is 4.69. The minimum atomic E-state index is -0.870. The summed E-state index contributed by atoms with van der Waals surface area (Å²) in [6.07, 6.45) is 0. The topological polar surface area (TPSA) is 74.6 Å². The molecule has 0 amide bonds. The Hall–Kier alpha value is -3.04. The Bertz CT molecular complexity index is 1090. The molecule has 142 valence electrons. The zero-order chi connectivity index (χ0) is 20.3. The number of aryl methyl sites for hydroxylation is 2. The van der Waals surface area contributed by atoms with E-state index in [1.54, 1.807) is 24.3 Å². The molecule has 5 heteroatoms. The van der Waals surface area contributed by atoms with E-state index in [0.717, 1.165) is 32.7 Å². The van der Waals surface area contributed by atoms with E-state index in [4.69, 9.17) is 10.2 Å². The zero-order valence-electron chi connectivity index (χ0n) is 16.3. The van der Waals surface area contributed by atoms with Crippen LogP contribution in [0.4, 0.5) is 0 Å². The maximum atomic E-state index is 11.0. The van der Waals surface area contributed by atoms with Crippen LogP contribution in [0.5, 0.6) is 0 Å². The van der Waals surface area contributed by atoms with Gasteiger partial charge in [0, 0.05) is 19.5 Å². The summed E-state index contributed by atoms with van der Waals surface area (Å²) < 4.78 is 0. The van der Waals surface area contributed by atoms with Gasteiger partial charge < -0.3 is 10.2 Å². The Labute approximate surface area is 181 Å². The van der Waals surface area contributed by atoms with Crippen LogP contribution in [0.15, 0.2) is 72.8 Å². The van der Waals surface area contributed by atoms with Gasteiger partial charge in [0.15, 0.2) is 0 Å². The van der Waals surface area contributed by atoms with Gasteiger partial charge in [-0.25, -0.2) is 9.59 Å². The molecule has 0 aliphatic rings. The van der Waals surface area contributed by atoms with Crippen LogP contribution in [0.25, 0.3) is 21.5 Å². The molecule has 4 aromatic carbocycles. The fourth-order valence-corrected chi connectivity index (χ4v) is 3.41. The van der Waals surface area contributed by atoms with Gasteiger partial charge in [0.1, 0.15) is 0 Å². The Kier molecular flexibility index (Phi) is 7.25. The second-order valence-electron chi connectivity index (χ2n) is 6.57. The van der Waals surface area contributed by atoms with Gasteiger partial charge in [-0.3, -0.25) is 0 Å². The largest absolute Gasteiger partial charge is 0.478 e. The summed E-state index contributed by atoms with van der Waals surface area (Å²) in [5.41, 5.74) is 2.75. The third-order valence-corrected chi connectivity index (χ3v) is 4.69. The monoisotopic (exact) mass is 436 g/mol. The number of hydrogen-bond donors (Lipinski definition) is 2. The quantitative estimate of drug-likeness (QED) is 0.395. The maximum Gasteiger partial charge on any atom is 0.336 e. The van der Waals surface area contributed by atoms with Crippen molar-refractivity contribution in [2.45, 2.75) is 13.8 Å². The first-order valence-electron chi connectivity index (χ1n) is 8.83. The summed E-state index contributed by atoms with van der Waals surface area (Å²) in [4.78, 5) is 21.9. The van der Waals surface area contributed by atoms with E-state index >= 15 is 0 Å². The van der Waals surface area contributed by atoms with Gasteiger partial charge in [-0.2, -0.15) is 0 Å². The van der Waals surface area contributed by atoms with Crippen molar-refractivity contribution in [3.05, 3.63) is 95.1 Å². The van der Waals surface area contributed by atoms with Crippen LogP contribution in [0.1, 0.15) is 31.8 Å². The number of rotatable bonds is 2. The number of carboxylic acids is 2. The summed E-state index contributed by atoms with van der Waals surface area (Å²) in [5, 5.41) is 21.6. The first-order valence-corrected chi connectivity index (χ1v) is 8.83. The SMILES string of the molecule is Cc1cccc2cccc(C(=O)O)c12.Cc1cccc2cccc(C(=O)O)c12.[Zn]. The van der Waals surface area contributed by atoms with Crippen LogP contribution < -0.4 is 0 Å². The molecule has 0 bridgehead atoms. The average molecular weight is 438 g/mol. The molecule has 0 aliphatic carbocycles. The number of aromatic carboxylic acids is 2. The maximum absolute atomic E-state index is 11.0. The van der Waals surface area contributed by atoms with E-state index in [2.05, 4.69) is 0 Å². The molecule has 0 aliphatic heterocycles. The van der Waals surface area contributed by atoms with Gasteiger partial charge in [0.05, 0.1) is 11.1 Å². The molecule has 0 saturated heterocycles. The van der Waals surface area contributed by atoms with Gasteiger partial charge in [0.2, 0.25) is 0 Å². The molecule has 0 fully saturated rings. The number of hydrogen-bond acceptors (Lipinski definition) is 2. The van der Waals surface area contributed by atoms with E-state index in [-0.39, 0.29) is 19.5 Å². The minimum Gasteiger partial charge on any atom is -0.478 e. The molecule has 29 heavy (non-hydrogen) atoms. The summed E-state index contributed by atoms with van der Waals surface area (Å²) in [7, 11) is 0. The van der Waals surface area contributed by atoms with Crippen molar-refractivity contribution in [2.75, 3.05) is 0 Å². The van der Waals surface area contributed by atoms with Crippen LogP contribution in [0.2, 0.25) is 0 Å². The normalized spacial score (nSPS) is 10.0. The van der Waals surface area contributed by atoms with E-state index < -0.39 is 11.9 Å². The Morgan fingerprint density at radius 3 is 1.21 bits per heavy atom. The van der Waals surface area contributed by atoms with E-state index in [1.807, 2.05) is 62.4 Å². The molecule has 2 N–H and O–H groups in total. The second kappa shape index (κ2) is 9.44. The van der Waals surface area contributed by atoms with Crippen molar-refractivity contribution in [3.63, 3.8) is 0 Å². The van der Waals surface area contributed by atoms with Crippen molar-refractivity contribution in [3.8, 4) is 0 Å². The smallest absolute Gasteiger partial charge is 0.336 e. The molecular weight excluding hydrogens is 418 g/mol. The van der Waals surface area contributed by atoms with Crippen molar-refractivity contribution >= 4 is 33.5 Å². The summed E-state index contributed by atoms with van der Waals surface area (Å²) in [6, 6.07) is 22.2. The average Bonchev–Trinajstić information content (AvgIpc) is 2.68. The van der Waals surface area contributed by atoms with E-state index in [9.17, 15) is 9.59 Å². The van der Waals surface area contributed by atoms with Gasteiger partial charge in [0.25, 0.3) is 0 Å². The molecule has 0 aromatic heterocycles. The predicted molar refractivity (Wildman–Crippen MR) is 111 cm³/mol. The Morgan fingerprint density at radius 1 is 0.586 bits per heavy atom. The van der Waals surface area contributed by atoms with Crippen LogP contribution in [-0.4, -0.2) is 22.2 Å². The number of carbonyl (C=O) groups is 2. The molecule has 4 nitrogen and oxygen atoms in total. The first-order chi connectivity index (χ1) is 13.4. The van der Waals surface area contributed by atoms with Crippen molar-refractivity contribution in [1.29, 1.82) is 0 Å². The Balaban J connectivity index is 0.000000200. The fourth-order valence-electron chi connectivity index (χ4n) is 3.41. The molecule has 4 rings (SSSR count). The van der Waals surface area contributed by atoms with Crippen molar-refractivity contribution < 1.29 is 39.3 Å². The van der Waals surface area contributed by atoms with Crippen molar-refractivity contribution in [1.82, 2.24) is 0 Å².